The molecule has 4 N–H and O–H groups in total. The molecule has 0 saturated heterocycles. The van der Waals surface area contributed by atoms with Crippen LogP contribution in [0.25, 0.3) is 10.9 Å². The summed E-state index contributed by atoms with van der Waals surface area (Å²) in [5.74, 6) is -0.216. The summed E-state index contributed by atoms with van der Waals surface area (Å²) in [6.07, 6.45) is -4.49. The molecule has 0 radical (unpaired) electrons. The minimum absolute atomic E-state index is 0.216. The van der Waals surface area contributed by atoms with E-state index in [0.717, 1.165) is 6.07 Å². The van der Waals surface area contributed by atoms with Gasteiger partial charge in [-0.15, -0.1) is 0 Å². The molecule has 0 bridgehead atoms. The molecule has 96 valence electrons. The molecular weight excluding hydrogens is 245 g/mol. The third kappa shape index (κ3) is 2.08. The highest BCUT2D eigenvalue weighted by Gasteiger charge is 2.33. The van der Waals surface area contributed by atoms with Crippen molar-refractivity contribution >= 4 is 16.9 Å². The van der Waals surface area contributed by atoms with Crippen molar-refractivity contribution in [2.45, 2.75) is 19.1 Å². The van der Waals surface area contributed by atoms with Crippen LogP contribution in [0.1, 0.15) is 24.2 Å². The third-order valence-corrected chi connectivity index (χ3v) is 2.51. The number of fused-ring (bicyclic) bond motifs is 1. The highest BCUT2D eigenvalue weighted by Crippen LogP contribution is 2.35. The second-order valence-electron chi connectivity index (χ2n) is 3.96. The molecule has 0 amide bonds. The Morgan fingerprint density at radius 2 is 1.89 bits per heavy atom. The van der Waals surface area contributed by atoms with Gasteiger partial charge in [0.25, 0.3) is 0 Å². The fourth-order valence-electron chi connectivity index (χ4n) is 1.77. The molecule has 1 heterocycles. The van der Waals surface area contributed by atoms with Crippen LogP contribution in [0.5, 0.6) is 0 Å². The molecule has 0 aliphatic rings. The fourth-order valence-corrected chi connectivity index (χ4v) is 1.77. The minimum atomic E-state index is -4.49. The normalized spacial score (nSPS) is 13.8. The SMILES string of the molecule is CC(N)c1nc(N)nc2c(C(F)(F)F)cccc12. The quantitative estimate of drug-likeness (QED) is 0.820. The maximum atomic E-state index is 12.8. The largest absolute Gasteiger partial charge is 0.418 e. The van der Waals surface area contributed by atoms with E-state index in [4.69, 9.17) is 11.5 Å². The molecule has 4 nitrogen and oxygen atoms in total. The molecule has 0 saturated carbocycles. The third-order valence-electron chi connectivity index (χ3n) is 2.51. The molecule has 18 heavy (non-hydrogen) atoms. The van der Waals surface area contributed by atoms with Gasteiger partial charge in [-0.25, -0.2) is 9.97 Å². The Hall–Kier alpha value is -1.89. The average Bonchev–Trinajstić information content (AvgIpc) is 2.25. The maximum Gasteiger partial charge on any atom is 0.418 e. The Bertz CT molecular complexity index is 593. The van der Waals surface area contributed by atoms with Crippen molar-refractivity contribution in [2.24, 2.45) is 5.73 Å². The summed E-state index contributed by atoms with van der Waals surface area (Å²) in [4.78, 5) is 7.57. The predicted molar refractivity (Wildman–Crippen MR) is 61.6 cm³/mol. The number of aromatic nitrogens is 2. The van der Waals surface area contributed by atoms with Crippen molar-refractivity contribution in [1.82, 2.24) is 9.97 Å². The number of hydrogen-bond donors (Lipinski definition) is 2. The Labute approximate surface area is 101 Å². The Kier molecular flexibility index (Phi) is 2.86. The molecule has 2 rings (SSSR count). The number of halogens is 3. The molecule has 0 aliphatic heterocycles. The number of nitrogens with zero attached hydrogens (tertiary/aromatic N) is 2. The van der Waals surface area contributed by atoms with Gasteiger partial charge >= 0.3 is 6.18 Å². The lowest BCUT2D eigenvalue weighted by Gasteiger charge is -2.13. The molecule has 1 aromatic heterocycles. The van der Waals surface area contributed by atoms with Gasteiger partial charge in [-0.05, 0) is 13.0 Å². The molecule has 7 heteroatoms. The minimum Gasteiger partial charge on any atom is -0.368 e. The van der Waals surface area contributed by atoms with E-state index >= 15 is 0 Å². The van der Waals surface area contributed by atoms with Crippen LogP contribution in [0.4, 0.5) is 19.1 Å². The van der Waals surface area contributed by atoms with Gasteiger partial charge in [-0.2, -0.15) is 13.2 Å². The smallest absolute Gasteiger partial charge is 0.368 e. The van der Waals surface area contributed by atoms with Crippen LogP contribution < -0.4 is 11.5 Å². The first-order valence-electron chi connectivity index (χ1n) is 5.19. The second-order valence-corrected chi connectivity index (χ2v) is 3.96. The van der Waals surface area contributed by atoms with Gasteiger partial charge < -0.3 is 11.5 Å². The standard InChI is InChI=1S/C11H11F3N4/c1-5(15)8-6-3-2-4-7(11(12,13)14)9(6)18-10(16)17-8/h2-5H,15H2,1H3,(H2,16,17,18). The van der Waals surface area contributed by atoms with Crippen LogP contribution in [0.15, 0.2) is 18.2 Å². The fraction of sp³-hybridized carbons (Fsp3) is 0.273. The first kappa shape index (κ1) is 12.6. The number of alkyl halides is 3. The average molecular weight is 256 g/mol. The van der Waals surface area contributed by atoms with Gasteiger partial charge in [0, 0.05) is 11.4 Å². The Balaban J connectivity index is 2.86. The van der Waals surface area contributed by atoms with E-state index in [1.807, 2.05) is 0 Å². The van der Waals surface area contributed by atoms with E-state index in [0.29, 0.717) is 5.69 Å². The second kappa shape index (κ2) is 4.09. The summed E-state index contributed by atoms with van der Waals surface area (Å²) >= 11 is 0. The zero-order valence-corrected chi connectivity index (χ0v) is 9.49. The van der Waals surface area contributed by atoms with E-state index < -0.39 is 17.8 Å². The lowest BCUT2D eigenvalue weighted by molar-refractivity contribution is -0.136. The number of nitrogen functional groups attached to an aromatic ring is 1. The summed E-state index contributed by atoms with van der Waals surface area (Å²) in [5.41, 5.74) is 10.4. The van der Waals surface area contributed by atoms with Crippen LogP contribution in [0.3, 0.4) is 0 Å². The lowest BCUT2D eigenvalue weighted by Crippen LogP contribution is -2.13. The first-order valence-corrected chi connectivity index (χ1v) is 5.19. The summed E-state index contributed by atoms with van der Waals surface area (Å²) in [6, 6.07) is 3.24. The zero-order chi connectivity index (χ0) is 13.5. The van der Waals surface area contributed by atoms with Crippen LogP contribution in [-0.4, -0.2) is 9.97 Å². The number of rotatable bonds is 1. The highest BCUT2D eigenvalue weighted by atomic mass is 19.4. The molecule has 2 aromatic rings. The Morgan fingerprint density at radius 3 is 2.44 bits per heavy atom. The van der Waals surface area contributed by atoms with Gasteiger partial charge in [0.05, 0.1) is 16.8 Å². The maximum absolute atomic E-state index is 12.8. The molecule has 1 aromatic carbocycles. The first-order chi connectivity index (χ1) is 8.30. The van der Waals surface area contributed by atoms with E-state index in [-0.39, 0.29) is 16.9 Å². The van der Waals surface area contributed by atoms with Gasteiger partial charge in [-0.3, -0.25) is 0 Å². The van der Waals surface area contributed by atoms with Crippen molar-refractivity contribution in [1.29, 1.82) is 0 Å². The molecule has 1 atom stereocenters. The van der Waals surface area contributed by atoms with Crippen molar-refractivity contribution in [3.8, 4) is 0 Å². The molecule has 0 aliphatic carbocycles. The summed E-state index contributed by atoms with van der Waals surface area (Å²) in [7, 11) is 0. The number of nitrogens with two attached hydrogens (primary N) is 2. The van der Waals surface area contributed by atoms with E-state index in [1.165, 1.54) is 12.1 Å². The van der Waals surface area contributed by atoms with Crippen molar-refractivity contribution in [3.63, 3.8) is 0 Å². The van der Waals surface area contributed by atoms with E-state index in [1.54, 1.807) is 6.92 Å². The molecular formula is C11H11F3N4. The van der Waals surface area contributed by atoms with E-state index in [2.05, 4.69) is 9.97 Å². The summed E-state index contributed by atoms with van der Waals surface area (Å²) in [6.45, 7) is 1.63. The molecule has 0 fully saturated rings. The van der Waals surface area contributed by atoms with Crippen molar-refractivity contribution in [2.75, 3.05) is 5.73 Å². The van der Waals surface area contributed by atoms with Crippen LogP contribution in [0.2, 0.25) is 0 Å². The number of hydrogen-bond acceptors (Lipinski definition) is 4. The monoisotopic (exact) mass is 256 g/mol. The molecule has 1 unspecified atom stereocenters. The summed E-state index contributed by atoms with van der Waals surface area (Å²) in [5, 5.41) is 0.272. The van der Waals surface area contributed by atoms with Crippen LogP contribution in [-0.2, 0) is 6.18 Å². The topological polar surface area (TPSA) is 77.8 Å². The highest BCUT2D eigenvalue weighted by molar-refractivity contribution is 5.85. The van der Waals surface area contributed by atoms with Crippen molar-refractivity contribution < 1.29 is 13.2 Å². The van der Waals surface area contributed by atoms with Crippen LogP contribution in [0, 0.1) is 0 Å². The zero-order valence-electron chi connectivity index (χ0n) is 9.49. The van der Waals surface area contributed by atoms with Gasteiger partial charge in [0.1, 0.15) is 0 Å². The van der Waals surface area contributed by atoms with E-state index in [9.17, 15) is 13.2 Å². The number of para-hydroxylation sites is 1. The Morgan fingerprint density at radius 1 is 1.22 bits per heavy atom. The van der Waals surface area contributed by atoms with Gasteiger partial charge in [-0.1, -0.05) is 12.1 Å². The van der Waals surface area contributed by atoms with Crippen molar-refractivity contribution in [3.05, 3.63) is 29.5 Å². The number of anilines is 1. The lowest BCUT2D eigenvalue weighted by atomic mass is 10.1. The van der Waals surface area contributed by atoms with Gasteiger partial charge in [0.2, 0.25) is 5.95 Å². The summed E-state index contributed by atoms with van der Waals surface area (Å²) < 4.78 is 38.5. The number of benzene rings is 1. The van der Waals surface area contributed by atoms with Crippen LogP contribution >= 0.6 is 0 Å². The molecule has 0 spiro atoms. The van der Waals surface area contributed by atoms with Gasteiger partial charge in [0.15, 0.2) is 0 Å². The predicted octanol–water partition coefficient (Wildman–Crippen LogP) is 2.25.